The summed E-state index contributed by atoms with van der Waals surface area (Å²) in [6, 6.07) is 8.03. The SMILES string of the molecule is Cl.Cl.NC[C@]1(c2cccc(Cl)c2)CC[C@@H](C(=O)N2CCc3nc[nH]c3C2)CC1. The lowest BCUT2D eigenvalue weighted by atomic mass is 9.66. The van der Waals surface area contributed by atoms with Crippen LogP contribution in [0.5, 0.6) is 0 Å². The van der Waals surface area contributed by atoms with Gasteiger partial charge in [-0.05, 0) is 43.4 Å². The maximum absolute atomic E-state index is 13.0. The molecule has 154 valence electrons. The molecule has 0 radical (unpaired) electrons. The highest BCUT2D eigenvalue weighted by molar-refractivity contribution is 6.30. The Labute approximate surface area is 183 Å². The number of H-pyrrole nitrogens is 1. The molecule has 1 aliphatic carbocycles. The van der Waals surface area contributed by atoms with E-state index in [-0.39, 0.29) is 42.1 Å². The Balaban J connectivity index is 0.00000140. The minimum absolute atomic E-state index is 0. The highest BCUT2D eigenvalue weighted by Gasteiger charge is 2.39. The molecule has 1 aromatic carbocycles. The Hall–Kier alpha value is -1.27. The largest absolute Gasteiger partial charge is 0.347 e. The summed E-state index contributed by atoms with van der Waals surface area (Å²) in [5.74, 6) is 0.375. The first-order valence-electron chi connectivity index (χ1n) is 9.37. The van der Waals surface area contributed by atoms with Gasteiger partial charge in [0.1, 0.15) is 0 Å². The van der Waals surface area contributed by atoms with Crippen molar-refractivity contribution in [3.05, 3.63) is 52.6 Å². The number of imidazole rings is 1. The van der Waals surface area contributed by atoms with Crippen LogP contribution in [0.2, 0.25) is 5.02 Å². The minimum Gasteiger partial charge on any atom is -0.347 e. The third kappa shape index (κ3) is 4.33. The Kier molecular flexibility index (Phi) is 7.80. The van der Waals surface area contributed by atoms with Gasteiger partial charge < -0.3 is 15.6 Å². The molecule has 1 aromatic heterocycles. The molecule has 2 aliphatic rings. The van der Waals surface area contributed by atoms with E-state index >= 15 is 0 Å². The maximum Gasteiger partial charge on any atom is 0.226 e. The van der Waals surface area contributed by atoms with Gasteiger partial charge in [-0.2, -0.15) is 0 Å². The number of aromatic nitrogens is 2. The second kappa shape index (κ2) is 9.49. The number of halogens is 3. The van der Waals surface area contributed by atoms with Gasteiger partial charge >= 0.3 is 0 Å². The Bertz CT molecular complexity index is 802. The van der Waals surface area contributed by atoms with Gasteiger partial charge in [-0.15, -0.1) is 24.8 Å². The molecular weight excluding hydrogens is 419 g/mol. The van der Waals surface area contributed by atoms with Crippen LogP contribution in [0.15, 0.2) is 30.6 Å². The van der Waals surface area contributed by atoms with Crippen molar-refractivity contribution in [2.24, 2.45) is 11.7 Å². The normalized spacial score (nSPS) is 23.9. The van der Waals surface area contributed by atoms with Crippen LogP contribution in [-0.2, 0) is 23.2 Å². The molecule has 1 saturated carbocycles. The zero-order valence-electron chi connectivity index (χ0n) is 15.7. The lowest BCUT2D eigenvalue weighted by Crippen LogP contribution is -2.45. The van der Waals surface area contributed by atoms with E-state index in [1.54, 1.807) is 6.33 Å². The number of amides is 1. The number of hydrogen-bond acceptors (Lipinski definition) is 3. The summed E-state index contributed by atoms with van der Waals surface area (Å²) in [5, 5.41) is 0.747. The number of aromatic amines is 1. The zero-order valence-corrected chi connectivity index (χ0v) is 18.1. The van der Waals surface area contributed by atoms with E-state index in [0.29, 0.717) is 13.1 Å². The van der Waals surface area contributed by atoms with Crippen LogP contribution >= 0.6 is 36.4 Å². The van der Waals surface area contributed by atoms with E-state index in [1.807, 2.05) is 23.1 Å². The van der Waals surface area contributed by atoms with E-state index in [0.717, 1.165) is 55.1 Å². The van der Waals surface area contributed by atoms with Crippen molar-refractivity contribution in [3.8, 4) is 0 Å². The molecule has 8 heteroatoms. The van der Waals surface area contributed by atoms with Crippen LogP contribution in [0.1, 0.15) is 42.6 Å². The average molecular weight is 446 g/mol. The molecule has 0 spiro atoms. The molecule has 5 nitrogen and oxygen atoms in total. The van der Waals surface area contributed by atoms with Crippen molar-refractivity contribution in [1.29, 1.82) is 0 Å². The lowest BCUT2D eigenvalue weighted by Gasteiger charge is -2.41. The fraction of sp³-hybridized carbons (Fsp3) is 0.500. The smallest absolute Gasteiger partial charge is 0.226 e. The molecule has 0 unspecified atom stereocenters. The lowest BCUT2D eigenvalue weighted by molar-refractivity contribution is -0.138. The van der Waals surface area contributed by atoms with Crippen LogP contribution < -0.4 is 5.73 Å². The predicted molar refractivity (Wildman–Crippen MR) is 116 cm³/mol. The standard InChI is InChI=1S/C20H25ClN4O.2ClH/c21-16-3-1-2-15(10-16)20(12-22)7-4-14(5-8-20)19(26)25-9-6-17-18(11-25)24-13-23-17;;/h1-3,10,13-14H,4-9,11-12,22H2,(H,23,24);2*1H/t14-,20+;;. The quantitative estimate of drug-likeness (QED) is 0.753. The van der Waals surface area contributed by atoms with Crippen LogP contribution in [0.3, 0.4) is 0 Å². The zero-order chi connectivity index (χ0) is 18.1. The van der Waals surface area contributed by atoms with Crippen molar-refractivity contribution in [2.45, 2.75) is 44.1 Å². The van der Waals surface area contributed by atoms with Gasteiger partial charge in [0.15, 0.2) is 0 Å². The van der Waals surface area contributed by atoms with Gasteiger partial charge in [-0.25, -0.2) is 4.98 Å². The van der Waals surface area contributed by atoms with Crippen LogP contribution in [0.4, 0.5) is 0 Å². The number of nitrogens with zero attached hydrogens (tertiary/aromatic N) is 2. The van der Waals surface area contributed by atoms with Gasteiger partial charge in [-0.3, -0.25) is 4.79 Å². The third-order valence-corrected chi connectivity index (χ3v) is 6.44. The van der Waals surface area contributed by atoms with E-state index in [2.05, 4.69) is 16.0 Å². The second-order valence-corrected chi connectivity index (χ2v) is 8.04. The number of nitrogens with one attached hydrogen (secondary N) is 1. The first-order valence-corrected chi connectivity index (χ1v) is 9.75. The number of nitrogens with two attached hydrogens (primary N) is 1. The van der Waals surface area contributed by atoms with Gasteiger partial charge in [0.05, 0.1) is 24.3 Å². The number of hydrogen-bond donors (Lipinski definition) is 2. The molecule has 1 aliphatic heterocycles. The number of carbonyl (C=O) groups is 1. The van der Waals surface area contributed by atoms with Crippen LogP contribution in [0, 0.1) is 5.92 Å². The molecule has 0 saturated heterocycles. The minimum atomic E-state index is -0.0554. The summed E-state index contributed by atoms with van der Waals surface area (Å²) in [5.41, 5.74) is 9.51. The predicted octanol–water partition coefficient (Wildman–Crippen LogP) is 3.88. The van der Waals surface area contributed by atoms with E-state index in [9.17, 15) is 4.79 Å². The maximum atomic E-state index is 13.0. The average Bonchev–Trinajstić information content (AvgIpc) is 3.15. The molecule has 3 N–H and O–H groups in total. The Morgan fingerprint density at radius 1 is 1.32 bits per heavy atom. The molecule has 2 heterocycles. The van der Waals surface area contributed by atoms with Crippen LogP contribution in [-0.4, -0.2) is 33.9 Å². The summed E-state index contributed by atoms with van der Waals surface area (Å²) in [6.45, 7) is 2.01. The van der Waals surface area contributed by atoms with Crippen molar-refractivity contribution >= 4 is 42.3 Å². The second-order valence-electron chi connectivity index (χ2n) is 7.61. The number of carbonyl (C=O) groups excluding carboxylic acids is 1. The van der Waals surface area contributed by atoms with E-state index < -0.39 is 0 Å². The van der Waals surface area contributed by atoms with Gasteiger partial charge in [-0.1, -0.05) is 23.7 Å². The topological polar surface area (TPSA) is 75.0 Å². The van der Waals surface area contributed by atoms with E-state index in [1.165, 1.54) is 5.56 Å². The summed E-state index contributed by atoms with van der Waals surface area (Å²) in [4.78, 5) is 22.5. The molecule has 2 aromatic rings. The summed E-state index contributed by atoms with van der Waals surface area (Å²) >= 11 is 6.19. The van der Waals surface area contributed by atoms with Crippen molar-refractivity contribution < 1.29 is 4.79 Å². The molecule has 1 amide bonds. The molecular formula is C20H27Cl3N4O. The van der Waals surface area contributed by atoms with E-state index in [4.69, 9.17) is 17.3 Å². The third-order valence-electron chi connectivity index (χ3n) is 6.21. The Morgan fingerprint density at radius 2 is 2.07 bits per heavy atom. The Morgan fingerprint density at radius 3 is 2.75 bits per heavy atom. The first-order chi connectivity index (χ1) is 12.6. The number of fused-ring (bicyclic) bond motifs is 1. The number of benzene rings is 1. The van der Waals surface area contributed by atoms with Gasteiger partial charge in [0.25, 0.3) is 0 Å². The highest BCUT2D eigenvalue weighted by atomic mass is 35.5. The highest BCUT2D eigenvalue weighted by Crippen LogP contribution is 2.42. The molecule has 4 rings (SSSR count). The molecule has 0 bridgehead atoms. The van der Waals surface area contributed by atoms with Crippen molar-refractivity contribution in [3.63, 3.8) is 0 Å². The molecule has 1 fully saturated rings. The monoisotopic (exact) mass is 444 g/mol. The summed E-state index contributed by atoms with van der Waals surface area (Å²) in [7, 11) is 0. The molecule has 28 heavy (non-hydrogen) atoms. The van der Waals surface area contributed by atoms with Gasteiger partial charge in [0, 0.05) is 35.9 Å². The number of rotatable bonds is 3. The van der Waals surface area contributed by atoms with Crippen LogP contribution in [0.25, 0.3) is 0 Å². The van der Waals surface area contributed by atoms with Crippen molar-refractivity contribution in [2.75, 3.05) is 13.1 Å². The van der Waals surface area contributed by atoms with Gasteiger partial charge in [0.2, 0.25) is 5.91 Å². The summed E-state index contributed by atoms with van der Waals surface area (Å²) in [6.07, 6.45) is 6.20. The van der Waals surface area contributed by atoms with Crippen molar-refractivity contribution in [1.82, 2.24) is 14.9 Å². The fourth-order valence-corrected chi connectivity index (χ4v) is 4.70. The fourth-order valence-electron chi connectivity index (χ4n) is 4.51. The summed E-state index contributed by atoms with van der Waals surface area (Å²) < 4.78 is 0. The first kappa shape index (κ1) is 23.0. The molecule has 0 atom stereocenters.